The van der Waals surface area contributed by atoms with Crippen molar-refractivity contribution < 1.29 is 9.53 Å². The molecule has 0 N–H and O–H groups in total. The quantitative estimate of drug-likeness (QED) is 0.610. The molecule has 0 bridgehead atoms. The van der Waals surface area contributed by atoms with E-state index in [1.807, 2.05) is 22.8 Å². The minimum Gasteiger partial charge on any atom is -0.485 e. The summed E-state index contributed by atoms with van der Waals surface area (Å²) in [6.07, 6.45) is 9.87. The van der Waals surface area contributed by atoms with Crippen molar-refractivity contribution in [2.24, 2.45) is 5.92 Å². The Hall–Kier alpha value is -2.36. The molecule has 0 radical (unpaired) electrons. The lowest BCUT2D eigenvalue weighted by atomic mass is 9.99. The Morgan fingerprint density at radius 2 is 2.21 bits per heavy atom. The number of imidazole rings is 1. The van der Waals surface area contributed by atoms with E-state index in [1.165, 1.54) is 25.7 Å². The first-order valence-corrected chi connectivity index (χ1v) is 8.73. The fourth-order valence-corrected chi connectivity index (χ4v) is 3.91. The Kier molecular flexibility index (Phi) is 3.97. The van der Waals surface area contributed by atoms with E-state index < -0.39 is 0 Å². The number of aromatic nitrogens is 2. The number of carbonyl (C=O) groups is 1. The number of hydrogen-bond donors (Lipinski definition) is 0. The highest BCUT2D eigenvalue weighted by molar-refractivity contribution is 5.95. The number of benzene rings is 1. The molecule has 2 aliphatic rings. The van der Waals surface area contributed by atoms with Crippen molar-refractivity contribution in [1.82, 2.24) is 9.55 Å². The van der Waals surface area contributed by atoms with Gasteiger partial charge in [0.05, 0.1) is 11.4 Å². The number of fused-ring (bicyclic) bond motifs is 3. The first-order chi connectivity index (χ1) is 11.8. The third-order valence-electron chi connectivity index (χ3n) is 5.13. The van der Waals surface area contributed by atoms with E-state index in [4.69, 9.17) is 4.74 Å². The van der Waals surface area contributed by atoms with Gasteiger partial charge in [-0.15, -0.1) is 6.58 Å². The molecule has 24 heavy (non-hydrogen) atoms. The van der Waals surface area contributed by atoms with E-state index in [9.17, 15) is 4.79 Å². The van der Waals surface area contributed by atoms with Gasteiger partial charge in [0.1, 0.15) is 24.4 Å². The fourth-order valence-electron chi connectivity index (χ4n) is 3.91. The van der Waals surface area contributed by atoms with Gasteiger partial charge in [0.15, 0.2) is 5.78 Å². The van der Waals surface area contributed by atoms with Crippen LogP contribution in [0.1, 0.15) is 53.8 Å². The maximum absolute atomic E-state index is 12.7. The van der Waals surface area contributed by atoms with Crippen molar-refractivity contribution in [2.75, 3.05) is 0 Å². The molecule has 4 heteroatoms. The predicted molar refractivity (Wildman–Crippen MR) is 92.7 cm³/mol. The summed E-state index contributed by atoms with van der Waals surface area (Å²) in [4.78, 5) is 17.1. The molecular weight excluding hydrogens is 300 g/mol. The number of Topliss-reactive ketones (excluding diaryl/α,β-unsaturated/α-hetero) is 1. The molecule has 124 valence electrons. The Labute approximate surface area is 142 Å². The van der Waals surface area contributed by atoms with Crippen LogP contribution in [0, 0.1) is 5.92 Å². The topological polar surface area (TPSA) is 44.1 Å². The minimum absolute atomic E-state index is 0.157. The van der Waals surface area contributed by atoms with Gasteiger partial charge < -0.3 is 4.74 Å². The maximum atomic E-state index is 12.7. The van der Waals surface area contributed by atoms with Crippen LogP contribution in [-0.4, -0.2) is 15.3 Å². The van der Waals surface area contributed by atoms with Crippen molar-refractivity contribution in [3.8, 4) is 11.4 Å². The van der Waals surface area contributed by atoms with Crippen LogP contribution < -0.4 is 4.74 Å². The molecule has 0 atom stereocenters. The third kappa shape index (κ3) is 2.56. The van der Waals surface area contributed by atoms with Gasteiger partial charge in [0, 0.05) is 12.0 Å². The summed E-state index contributed by atoms with van der Waals surface area (Å²) in [5, 5.41) is 0. The van der Waals surface area contributed by atoms with E-state index >= 15 is 0 Å². The number of para-hydroxylation sites is 1. The first-order valence-electron chi connectivity index (χ1n) is 8.73. The Morgan fingerprint density at radius 1 is 1.38 bits per heavy atom. The summed E-state index contributed by atoms with van der Waals surface area (Å²) >= 11 is 0. The van der Waals surface area contributed by atoms with Crippen LogP contribution in [0.3, 0.4) is 0 Å². The average molecular weight is 322 g/mol. The molecule has 0 saturated heterocycles. The van der Waals surface area contributed by atoms with E-state index in [0.29, 0.717) is 24.6 Å². The van der Waals surface area contributed by atoms with Crippen LogP contribution >= 0.6 is 0 Å². The Morgan fingerprint density at radius 3 is 3.00 bits per heavy atom. The van der Waals surface area contributed by atoms with Crippen LogP contribution in [0.15, 0.2) is 37.2 Å². The molecule has 4 nitrogen and oxygen atoms in total. The molecule has 2 heterocycles. The van der Waals surface area contributed by atoms with Crippen molar-refractivity contribution in [3.05, 3.63) is 54.1 Å². The molecule has 0 amide bonds. The highest BCUT2D eigenvalue weighted by atomic mass is 16.5. The average Bonchev–Trinajstić information content (AvgIpc) is 3.24. The van der Waals surface area contributed by atoms with E-state index in [0.717, 1.165) is 29.1 Å². The summed E-state index contributed by atoms with van der Waals surface area (Å²) in [5.41, 5.74) is 3.53. The molecule has 0 unspecified atom stereocenters. The SMILES string of the molecule is C=CCc1cccc2c1OCc1c(C(=O)CC3CCCC3)ncn1-2. The normalized spacial score (nSPS) is 16.3. The number of ketones is 1. The van der Waals surface area contributed by atoms with E-state index in [1.54, 1.807) is 6.33 Å². The molecule has 1 aliphatic heterocycles. The van der Waals surface area contributed by atoms with Crippen molar-refractivity contribution in [3.63, 3.8) is 0 Å². The standard InChI is InChI=1S/C20H22N2O2/c1-2-6-15-9-5-10-16-20(15)24-12-17-19(21-13-22(16)17)18(23)11-14-7-3-4-8-14/h2,5,9-10,13-14H,1,3-4,6-8,11-12H2. The Balaban J connectivity index is 1.65. The van der Waals surface area contributed by atoms with Crippen LogP contribution in [0.4, 0.5) is 0 Å². The van der Waals surface area contributed by atoms with Crippen LogP contribution in [0.5, 0.6) is 5.75 Å². The van der Waals surface area contributed by atoms with Gasteiger partial charge in [0.2, 0.25) is 0 Å². The zero-order chi connectivity index (χ0) is 16.5. The number of hydrogen-bond acceptors (Lipinski definition) is 3. The highest BCUT2D eigenvalue weighted by Crippen LogP contribution is 2.35. The third-order valence-corrected chi connectivity index (χ3v) is 5.13. The minimum atomic E-state index is 0.157. The number of rotatable bonds is 5. The summed E-state index contributed by atoms with van der Waals surface area (Å²) in [5.74, 6) is 1.56. The molecule has 1 fully saturated rings. The van der Waals surface area contributed by atoms with E-state index in [2.05, 4.69) is 17.6 Å². The van der Waals surface area contributed by atoms with Gasteiger partial charge in [-0.1, -0.05) is 43.9 Å². The summed E-state index contributed by atoms with van der Waals surface area (Å²) in [6, 6.07) is 6.07. The molecule has 2 aromatic rings. The molecular formula is C20H22N2O2. The second-order valence-electron chi connectivity index (χ2n) is 6.73. The summed E-state index contributed by atoms with van der Waals surface area (Å²) in [7, 11) is 0. The number of allylic oxidation sites excluding steroid dienone is 1. The monoisotopic (exact) mass is 322 g/mol. The fraction of sp³-hybridized carbons (Fsp3) is 0.400. The van der Waals surface area contributed by atoms with Crippen LogP contribution in [0.2, 0.25) is 0 Å². The molecule has 1 aliphatic carbocycles. The van der Waals surface area contributed by atoms with Crippen molar-refractivity contribution >= 4 is 5.78 Å². The van der Waals surface area contributed by atoms with Gasteiger partial charge in [-0.25, -0.2) is 4.98 Å². The molecule has 1 aromatic carbocycles. The lowest BCUT2D eigenvalue weighted by molar-refractivity contribution is 0.0954. The summed E-state index contributed by atoms with van der Waals surface area (Å²) in [6.45, 7) is 4.20. The van der Waals surface area contributed by atoms with E-state index in [-0.39, 0.29) is 5.78 Å². The molecule has 1 saturated carbocycles. The highest BCUT2D eigenvalue weighted by Gasteiger charge is 2.27. The zero-order valence-electron chi connectivity index (χ0n) is 13.8. The van der Waals surface area contributed by atoms with Crippen LogP contribution in [-0.2, 0) is 13.0 Å². The van der Waals surface area contributed by atoms with Gasteiger partial charge in [-0.05, 0) is 18.4 Å². The molecule has 0 spiro atoms. The van der Waals surface area contributed by atoms with Gasteiger partial charge in [0.25, 0.3) is 0 Å². The van der Waals surface area contributed by atoms with Gasteiger partial charge >= 0.3 is 0 Å². The van der Waals surface area contributed by atoms with Gasteiger partial charge in [-0.3, -0.25) is 9.36 Å². The Bertz CT molecular complexity index is 785. The number of carbonyl (C=O) groups excluding carboxylic acids is 1. The first kappa shape index (κ1) is 15.2. The second-order valence-corrected chi connectivity index (χ2v) is 6.73. The molecule has 1 aromatic heterocycles. The van der Waals surface area contributed by atoms with Gasteiger partial charge in [-0.2, -0.15) is 0 Å². The maximum Gasteiger partial charge on any atom is 0.183 e. The zero-order valence-corrected chi connectivity index (χ0v) is 13.8. The van der Waals surface area contributed by atoms with Crippen LogP contribution in [0.25, 0.3) is 5.69 Å². The summed E-state index contributed by atoms with van der Waals surface area (Å²) < 4.78 is 8.00. The molecule has 4 rings (SSSR count). The largest absolute Gasteiger partial charge is 0.485 e. The number of nitrogens with zero attached hydrogens (tertiary/aromatic N) is 2. The van der Waals surface area contributed by atoms with Crippen molar-refractivity contribution in [1.29, 1.82) is 0 Å². The smallest absolute Gasteiger partial charge is 0.183 e. The predicted octanol–water partition coefficient (Wildman–Crippen LogP) is 4.26. The second kappa shape index (κ2) is 6.27. The number of ether oxygens (including phenoxy) is 1. The lowest BCUT2D eigenvalue weighted by Gasteiger charge is -2.22. The lowest BCUT2D eigenvalue weighted by Crippen LogP contribution is -2.17. The van der Waals surface area contributed by atoms with Crippen molar-refractivity contribution in [2.45, 2.75) is 45.1 Å².